The quantitative estimate of drug-likeness (QED) is 0.839. The van der Waals surface area contributed by atoms with Gasteiger partial charge in [0, 0.05) is 6.20 Å². The van der Waals surface area contributed by atoms with Gasteiger partial charge in [-0.25, -0.2) is 0 Å². The molecule has 0 aliphatic heterocycles. The van der Waals surface area contributed by atoms with E-state index in [9.17, 15) is 4.79 Å². The maximum absolute atomic E-state index is 10.6. The third-order valence-electron chi connectivity index (χ3n) is 2.66. The van der Waals surface area contributed by atoms with Crippen molar-refractivity contribution in [2.24, 2.45) is 0 Å². The summed E-state index contributed by atoms with van der Waals surface area (Å²) >= 11 is 1.16. The van der Waals surface area contributed by atoms with Crippen LogP contribution in [0.15, 0.2) is 29.6 Å². The molecule has 1 N–H and O–H groups in total. The number of aliphatic carboxylic acids is 1. The normalized spacial score (nSPS) is 12.3. The van der Waals surface area contributed by atoms with Crippen LogP contribution in [0.25, 0.3) is 0 Å². The lowest BCUT2D eigenvalue weighted by Gasteiger charge is -2.15. The monoisotopic (exact) mass is 278 g/mol. The Morgan fingerprint density at radius 3 is 2.89 bits per heavy atom. The van der Waals surface area contributed by atoms with Gasteiger partial charge in [-0.2, -0.15) is 0 Å². The summed E-state index contributed by atoms with van der Waals surface area (Å²) in [4.78, 5) is 15.0. The van der Waals surface area contributed by atoms with E-state index in [4.69, 9.17) is 5.11 Å². The largest absolute Gasteiger partial charge is 0.481 e. The fourth-order valence-electron chi connectivity index (χ4n) is 1.78. The highest BCUT2D eigenvalue weighted by Crippen LogP contribution is 2.24. The van der Waals surface area contributed by atoms with Gasteiger partial charge in [0.1, 0.15) is 5.82 Å². The summed E-state index contributed by atoms with van der Waals surface area (Å²) < 4.78 is 1.90. The first-order valence-electron chi connectivity index (χ1n) is 5.76. The zero-order valence-corrected chi connectivity index (χ0v) is 11.5. The highest BCUT2D eigenvalue weighted by molar-refractivity contribution is 7.99. The van der Waals surface area contributed by atoms with E-state index < -0.39 is 5.97 Å². The number of thioether (sulfide) groups is 1. The van der Waals surface area contributed by atoms with Crippen LogP contribution in [0.1, 0.15) is 24.5 Å². The molecule has 0 bridgehead atoms. The van der Waals surface area contributed by atoms with Crippen LogP contribution in [0.4, 0.5) is 0 Å². The molecule has 0 spiro atoms. The molecule has 2 heterocycles. The fraction of sp³-hybridized carbons (Fsp3) is 0.333. The van der Waals surface area contributed by atoms with Crippen molar-refractivity contribution in [1.82, 2.24) is 19.7 Å². The molecule has 1 atom stereocenters. The summed E-state index contributed by atoms with van der Waals surface area (Å²) in [5.41, 5.74) is 0.891. The molecule has 0 aliphatic carbocycles. The predicted molar refractivity (Wildman–Crippen MR) is 71.2 cm³/mol. The number of aromatic nitrogens is 4. The van der Waals surface area contributed by atoms with Crippen molar-refractivity contribution in [3.05, 3.63) is 35.9 Å². The molecule has 2 aromatic rings. The fourth-order valence-corrected chi connectivity index (χ4v) is 2.56. The van der Waals surface area contributed by atoms with Gasteiger partial charge in [0.15, 0.2) is 5.16 Å². The van der Waals surface area contributed by atoms with Crippen molar-refractivity contribution in [2.75, 3.05) is 5.75 Å². The van der Waals surface area contributed by atoms with Crippen LogP contribution in [-0.4, -0.2) is 36.6 Å². The number of nitrogens with zero attached hydrogens (tertiary/aromatic N) is 4. The Kier molecular flexibility index (Phi) is 4.16. The standard InChI is InChI=1S/C12H14N4O2S/c1-8(10-5-3-4-6-13-10)16-9(2)14-15-12(16)19-7-11(17)18/h3-6,8H,7H2,1-2H3,(H,17,18). The third kappa shape index (κ3) is 3.11. The van der Waals surface area contributed by atoms with Gasteiger partial charge < -0.3 is 5.11 Å². The Balaban J connectivity index is 2.28. The zero-order chi connectivity index (χ0) is 13.8. The van der Waals surface area contributed by atoms with Crippen molar-refractivity contribution in [3.63, 3.8) is 0 Å². The molecular formula is C12H14N4O2S. The number of rotatable bonds is 5. The topological polar surface area (TPSA) is 80.9 Å². The summed E-state index contributed by atoms with van der Waals surface area (Å²) in [6.45, 7) is 3.83. The van der Waals surface area contributed by atoms with Crippen molar-refractivity contribution in [2.45, 2.75) is 25.0 Å². The minimum Gasteiger partial charge on any atom is -0.481 e. The summed E-state index contributed by atoms with van der Waals surface area (Å²) in [6, 6.07) is 5.67. The van der Waals surface area contributed by atoms with Gasteiger partial charge in [0.05, 0.1) is 17.5 Å². The lowest BCUT2D eigenvalue weighted by molar-refractivity contribution is -0.133. The van der Waals surface area contributed by atoms with Gasteiger partial charge in [-0.3, -0.25) is 14.3 Å². The lowest BCUT2D eigenvalue weighted by atomic mass is 10.2. The van der Waals surface area contributed by atoms with E-state index in [0.29, 0.717) is 5.16 Å². The van der Waals surface area contributed by atoms with Gasteiger partial charge in [0.25, 0.3) is 0 Å². The minimum atomic E-state index is -0.873. The molecule has 0 aromatic carbocycles. The SMILES string of the molecule is Cc1nnc(SCC(=O)O)n1C(C)c1ccccn1. The van der Waals surface area contributed by atoms with Crippen molar-refractivity contribution < 1.29 is 9.90 Å². The maximum Gasteiger partial charge on any atom is 0.313 e. The first-order chi connectivity index (χ1) is 9.09. The van der Waals surface area contributed by atoms with Crippen LogP contribution in [0.5, 0.6) is 0 Å². The molecule has 7 heteroatoms. The van der Waals surface area contributed by atoms with Crippen LogP contribution in [0, 0.1) is 6.92 Å². The summed E-state index contributed by atoms with van der Waals surface area (Å²) in [5, 5.41) is 17.4. The Labute approximate surface area is 114 Å². The molecule has 19 heavy (non-hydrogen) atoms. The average Bonchev–Trinajstić information content (AvgIpc) is 2.78. The Morgan fingerprint density at radius 2 is 2.26 bits per heavy atom. The van der Waals surface area contributed by atoms with Crippen LogP contribution in [0.3, 0.4) is 0 Å². The van der Waals surface area contributed by atoms with Gasteiger partial charge in [-0.1, -0.05) is 17.8 Å². The number of carbonyl (C=O) groups is 1. The van der Waals surface area contributed by atoms with Crippen LogP contribution < -0.4 is 0 Å². The van der Waals surface area contributed by atoms with Crippen LogP contribution >= 0.6 is 11.8 Å². The van der Waals surface area contributed by atoms with Gasteiger partial charge in [-0.15, -0.1) is 10.2 Å². The number of carboxylic acid groups (broad SMARTS) is 1. The lowest BCUT2D eigenvalue weighted by Crippen LogP contribution is -2.12. The Hall–Kier alpha value is -1.89. The van der Waals surface area contributed by atoms with Gasteiger partial charge in [-0.05, 0) is 26.0 Å². The molecule has 0 saturated carbocycles. The second-order valence-corrected chi connectivity index (χ2v) is 4.96. The molecule has 0 amide bonds. The van der Waals surface area contributed by atoms with E-state index >= 15 is 0 Å². The Bertz CT molecular complexity index is 570. The van der Waals surface area contributed by atoms with E-state index in [2.05, 4.69) is 15.2 Å². The van der Waals surface area contributed by atoms with Crippen molar-refractivity contribution in [3.8, 4) is 0 Å². The predicted octanol–water partition coefficient (Wildman–Crippen LogP) is 1.77. The number of pyridine rings is 1. The van der Waals surface area contributed by atoms with Crippen LogP contribution in [-0.2, 0) is 4.79 Å². The summed E-state index contributed by atoms with van der Waals surface area (Å²) in [5.74, 6) is -0.165. The average molecular weight is 278 g/mol. The molecule has 1 unspecified atom stereocenters. The minimum absolute atomic E-state index is 0.0347. The Morgan fingerprint density at radius 1 is 1.47 bits per heavy atom. The smallest absolute Gasteiger partial charge is 0.313 e. The molecule has 100 valence electrons. The maximum atomic E-state index is 10.6. The van der Waals surface area contributed by atoms with E-state index in [-0.39, 0.29) is 11.8 Å². The van der Waals surface area contributed by atoms with Gasteiger partial charge >= 0.3 is 5.97 Å². The molecule has 0 saturated heterocycles. The second-order valence-electron chi connectivity index (χ2n) is 4.01. The first-order valence-corrected chi connectivity index (χ1v) is 6.75. The molecule has 6 nitrogen and oxygen atoms in total. The highest BCUT2D eigenvalue weighted by atomic mass is 32.2. The van der Waals surface area contributed by atoms with Crippen molar-refractivity contribution in [1.29, 1.82) is 0 Å². The summed E-state index contributed by atoms with van der Waals surface area (Å²) in [6.07, 6.45) is 1.73. The zero-order valence-electron chi connectivity index (χ0n) is 10.6. The molecule has 2 rings (SSSR count). The van der Waals surface area contributed by atoms with E-state index in [1.165, 1.54) is 0 Å². The number of carboxylic acids is 1. The number of hydrogen-bond acceptors (Lipinski definition) is 5. The van der Waals surface area contributed by atoms with E-state index in [1.807, 2.05) is 36.6 Å². The van der Waals surface area contributed by atoms with E-state index in [0.717, 1.165) is 23.3 Å². The molecule has 0 radical (unpaired) electrons. The van der Waals surface area contributed by atoms with Crippen LogP contribution in [0.2, 0.25) is 0 Å². The van der Waals surface area contributed by atoms with Crippen molar-refractivity contribution >= 4 is 17.7 Å². The van der Waals surface area contributed by atoms with Gasteiger partial charge in [0.2, 0.25) is 0 Å². The summed E-state index contributed by atoms with van der Waals surface area (Å²) in [7, 11) is 0. The molecule has 2 aromatic heterocycles. The van der Waals surface area contributed by atoms with E-state index in [1.54, 1.807) is 6.20 Å². The molecule has 0 fully saturated rings. The number of hydrogen-bond donors (Lipinski definition) is 1. The number of aryl methyl sites for hydroxylation is 1. The second kappa shape index (κ2) is 5.83. The third-order valence-corrected chi connectivity index (χ3v) is 3.59. The molecular weight excluding hydrogens is 264 g/mol. The first kappa shape index (κ1) is 13.5. The highest BCUT2D eigenvalue weighted by Gasteiger charge is 2.18. The molecule has 0 aliphatic rings.